The molecular formula is C55H46N2O2S3. The molecule has 2 amide bonds. The minimum atomic E-state index is -0.320. The van der Waals surface area contributed by atoms with E-state index in [4.69, 9.17) is 11.4 Å². The molecule has 4 nitrogen and oxygen atoms in total. The van der Waals surface area contributed by atoms with E-state index in [1.165, 1.54) is 90.7 Å². The van der Waals surface area contributed by atoms with Crippen molar-refractivity contribution < 1.29 is 9.59 Å². The van der Waals surface area contributed by atoms with Gasteiger partial charge in [-0.3, -0.25) is 19.5 Å². The first kappa shape index (κ1) is 41.3. The zero-order valence-corrected chi connectivity index (χ0v) is 37.8. The highest BCUT2D eigenvalue weighted by atomic mass is 32.1. The fourth-order valence-corrected chi connectivity index (χ4v) is 12.1. The van der Waals surface area contributed by atoms with Gasteiger partial charge in [-0.2, -0.15) is 0 Å². The van der Waals surface area contributed by atoms with Crippen molar-refractivity contribution in [2.75, 3.05) is 6.54 Å². The summed E-state index contributed by atoms with van der Waals surface area (Å²) in [4.78, 5) is 39.5. The molecule has 1 aliphatic heterocycles. The third-order valence-electron chi connectivity index (χ3n) is 12.0. The molecule has 1 aliphatic rings. The second kappa shape index (κ2) is 18.1. The van der Waals surface area contributed by atoms with Crippen LogP contribution in [0.15, 0.2) is 91.1 Å². The van der Waals surface area contributed by atoms with Crippen molar-refractivity contribution in [2.24, 2.45) is 5.92 Å². The number of terminal acetylenes is 1. The van der Waals surface area contributed by atoms with Crippen molar-refractivity contribution in [1.29, 1.82) is 0 Å². The number of imide groups is 1. The van der Waals surface area contributed by atoms with Gasteiger partial charge in [0.05, 0.1) is 21.7 Å². The quantitative estimate of drug-likeness (QED) is 0.0622. The number of benzene rings is 4. The van der Waals surface area contributed by atoms with Gasteiger partial charge in [-0.15, -0.1) is 40.4 Å². The molecule has 0 N–H and O–H groups in total. The lowest BCUT2D eigenvalue weighted by Crippen LogP contribution is -2.34. The minimum Gasteiger partial charge on any atom is -0.273 e. The molecule has 9 rings (SSSR count). The van der Waals surface area contributed by atoms with Crippen LogP contribution in [0.4, 0.5) is 0 Å². The second-order valence-corrected chi connectivity index (χ2v) is 19.7. The number of rotatable bonds is 14. The van der Waals surface area contributed by atoms with Gasteiger partial charge in [0.15, 0.2) is 0 Å². The first-order valence-electron chi connectivity index (χ1n) is 21.6. The van der Waals surface area contributed by atoms with E-state index in [9.17, 15) is 9.59 Å². The third-order valence-corrected chi connectivity index (χ3v) is 15.5. The van der Waals surface area contributed by atoms with Crippen LogP contribution in [0.1, 0.15) is 95.9 Å². The summed E-state index contributed by atoms with van der Waals surface area (Å²) >= 11 is 5.06. The van der Waals surface area contributed by atoms with Crippen LogP contribution in [-0.2, 0) is 0 Å². The van der Waals surface area contributed by atoms with Gasteiger partial charge in [0.1, 0.15) is 0 Å². The summed E-state index contributed by atoms with van der Waals surface area (Å²) in [5, 5.41) is 7.57. The van der Waals surface area contributed by atoms with E-state index in [1.807, 2.05) is 30.4 Å². The summed E-state index contributed by atoms with van der Waals surface area (Å²) in [6.45, 7) is 6.60. The molecule has 7 heteroatoms. The third kappa shape index (κ3) is 8.08. The van der Waals surface area contributed by atoms with Gasteiger partial charge in [0.2, 0.25) is 0 Å². The molecule has 4 aromatic heterocycles. The number of aromatic nitrogens is 1. The molecule has 306 valence electrons. The summed E-state index contributed by atoms with van der Waals surface area (Å²) < 4.78 is 2.62. The van der Waals surface area contributed by atoms with E-state index in [-0.39, 0.29) is 24.3 Å². The highest BCUT2D eigenvalue weighted by molar-refractivity contribution is 7.27. The molecule has 0 bridgehead atoms. The number of hydrogen-bond donors (Lipinski definition) is 0. The van der Waals surface area contributed by atoms with Crippen molar-refractivity contribution in [3.8, 4) is 67.5 Å². The molecule has 0 radical (unpaired) electrons. The number of fused-ring (bicyclic) bond motifs is 8. The van der Waals surface area contributed by atoms with Crippen LogP contribution in [0.3, 0.4) is 0 Å². The van der Waals surface area contributed by atoms with E-state index < -0.39 is 0 Å². The van der Waals surface area contributed by atoms with Crippen molar-refractivity contribution >= 4 is 87.5 Å². The van der Waals surface area contributed by atoms with Gasteiger partial charge < -0.3 is 0 Å². The average Bonchev–Trinajstić information content (AvgIpc) is 4.09. The Labute approximate surface area is 376 Å². The Kier molecular flexibility index (Phi) is 12.1. The van der Waals surface area contributed by atoms with Crippen LogP contribution in [0.5, 0.6) is 0 Å². The molecule has 0 aliphatic carbocycles. The molecular weight excluding hydrogens is 817 g/mol. The Hall–Kier alpha value is -6.01. The highest BCUT2D eigenvalue weighted by Crippen LogP contribution is 2.45. The Morgan fingerprint density at radius 2 is 1.31 bits per heavy atom. The van der Waals surface area contributed by atoms with E-state index in [0.717, 1.165) is 44.3 Å². The Bertz CT molecular complexity index is 3220. The van der Waals surface area contributed by atoms with Gasteiger partial charge in [0, 0.05) is 59.0 Å². The van der Waals surface area contributed by atoms with Crippen LogP contribution in [0.2, 0.25) is 0 Å². The maximum Gasteiger partial charge on any atom is 0.263 e. The van der Waals surface area contributed by atoms with Crippen LogP contribution < -0.4 is 0 Å². The summed E-state index contributed by atoms with van der Waals surface area (Å²) in [6, 6.07) is 30.6. The normalized spacial score (nSPS) is 12.8. The summed E-state index contributed by atoms with van der Waals surface area (Å²) in [5.41, 5.74) is 4.38. The average molecular weight is 863 g/mol. The summed E-state index contributed by atoms with van der Waals surface area (Å²) in [7, 11) is 0. The number of amides is 2. The maximum absolute atomic E-state index is 14.7. The molecule has 4 aromatic carbocycles. The van der Waals surface area contributed by atoms with Crippen molar-refractivity contribution in [3.63, 3.8) is 0 Å². The monoisotopic (exact) mass is 862 g/mol. The summed E-state index contributed by atoms with van der Waals surface area (Å²) in [5.74, 6) is 12.9. The fourth-order valence-electron chi connectivity index (χ4n) is 8.82. The molecule has 0 saturated heterocycles. The van der Waals surface area contributed by atoms with E-state index in [2.05, 4.69) is 116 Å². The molecule has 1 unspecified atom stereocenters. The summed E-state index contributed by atoms with van der Waals surface area (Å²) in [6.07, 6.45) is 17.4. The zero-order chi connectivity index (χ0) is 42.7. The van der Waals surface area contributed by atoms with Crippen LogP contribution in [-0.4, -0.2) is 28.2 Å². The zero-order valence-electron chi connectivity index (χ0n) is 35.3. The second-order valence-electron chi connectivity index (χ2n) is 16.3. The minimum absolute atomic E-state index is 0.186. The number of hydrogen-bond acceptors (Lipinski definition) is 6. The number of aryl methyl sites for hydroxylation is 2. The molecule has 62 heavy (non-hydrogen) atoms. The highest BCUT2D eigenvalue weighted by Gasteiger charge is 2.42. The van der Waals surface area contributed by atoms with Crippen LogP contribution in [0.25, 0.3) is 73.2 Å². The molecule has 5 heterocycles. The fraction of sp³-hybridized carbons (Fsp3) is 0.255. The smallest absolute Gasteiger partial charge is 0.263 e. The predicted octanol–water partition coefficient (Wildman–Crippen LogP) is 14.9. The van der Waals surface area contributed by atoms with E-state index in [0.29, 0.717) is 22.4 Å². The Balaban J connectivity index is 1.03. The van der Waals surface area contributed by atoms with E-state index >= 15 is 0 Å². The number of unbranched alkanes of at least 4 members (excludes halogenated alkanes) is 7. The number of carbonyl (C=O) groups excluding carboxylic acids is 2. The SMILES string of the molecule is C#CC#CC#CC(CCCCCCCCCC)CN1C(=O)c2c(-c3ccc(-c4ccc5c(ccc6c7ccc8cc(C)ccc8c7sc56)c4)s3)cnc(-c3ccc(C)s3)c2C1=O. The van der Waals surface area contributed by atoms with Gasteiger partial charge in [-0.1, -0.05) is 124 Å². The lowest BCUT2D eigenvalue weighted by Gasteiger charge is -2.19. The molecule has 8 aromatic rings. The van der Waals surface area contributed by atoms with Crippen molar-refractivity contribution in [2.45, 2.75) is 78.6 Å². The van der Waals surface area contributed by atoms with Gasteiger partial charge in [-0.05, 0) is 101 Å². The standard InChI is InChI=1S/C55H46N2O2S3/c1-5-7-9-11-12-13-14-16-18-37(17-15-10-8-6-2)34-57-54(58)49-45(33-56-51(50(49)55(57)59)48-28-20-36(4)60-48)47-30-29-46(61-47)40-23-25-42-39(32-40)22-27-44-43-26-21-38-31-35(3)19-24-41(38)52(43)62-53(42)44/h2,19-33,37H,5,7,9,11-14,16,18,34H2,1,3-4H3. The van der Waals surface area contributed by atoms with Crippen LogP contribution in [0, 0.1) is 55.8 Å². The predicted molar refractivity (Wildman–Crippen MR) is 264 cm³/mol. The van der Waals surface area contributed by atoms with Gasteiger partial charge >= 0.3 is 0 Å². The Morgan fingerprint density at radius 3 is 2.03 bits per heavy atom. The topological polar surface area (TPSA) is 50.3 Å². The van der Waals surface area contributed by atoms with Gasteiger partial charge in [-0.25, -0.2) is 0 Å². The van der Waals surface area contributed by atoms with Crippen molar-refractivity contribution in [1.82, 2.24) is 9.88 Å². The largest absolute Gasteiger partial charge is 0.273 e. The van der Waals surface area contributed by atoms with Gasteiger partial charge in [0.25, 0.3) is 11.8 Å². The lowest BCUT2D eigenvalue weighted by molar-refractivity contribution is 0.0638. The molecule has 1 atom stereocenters. The number of pyridine rings is 1. The van der Waals surface area contributed by atoms with Crippen molar-refractivity contribution in [3.05, 3.63) is 113 Å². The lowest BCUT2D eigenvalue weighted by atomic mass is 9.99. The number of nitrogens with zero attached hydrogens (tertiary/aromatic N) is 2. The number of carbonyl (C=O) groups is 2. The maximum atomic E-state index is 14.7. The first-order chi connectivity index (χ1) is 30.3. The number of thiophene rings is 3. The molecule has 0 fully saturated rings. The molecule has 0 spiro atoms. The Morgan fingerprint density at radius 1 is 0.645 bits per heavy atom. The van der Waals surface area contributed by atoms with E-state index in [1.54, 1.807) is 28.9 Å². The molecule has 0 saturated carbocycles. The van der Waals surface area contributed by atoms with Crippen LogP contribution >= 0.6 is 34.0 Å². The first-order valence-corrected chi connectivity index (χ1v) is 24.1.